The van der Waals surface area contributed by atoms with Crippen molar-refractivity contribution in [2.75, 3.05) is 0 Å². The van der Waals surface area contributed by atoms with Crippen LogP contribution >= 0.6 is 0 Å². The van der Waals surface area contributed by atoms with Gasteiger partial charge in [0, 0.05) is 0 Å². The van der Waals surface area contributed by atoms with Gasteiger partial charge in [-0.15, -0.1) is 0 Å². The van der Waals surface area contributed by atoms with Crippen LogP contribution in [-0.4, -0.2) is 18.2 Å². The van der Waals surface area contributed by atoms with Crippen LogP contribution in [0.4, 0.5) is 0 Å². The number of hydrogen-bond donors (Lipinski definition) is 0. The molecular formula is C25H20N2Si. The van der Waals surface area contributed by atoms with Crippen LogP contribution in [-0.2, 0) is 0 Å². The Hall–Kier alpha value is -3.52. The van der Waals surface area contributed by atoms with Crippen LogP contribution in [0.15, 0.2) is 121 Å². The molecule has 4 rings (SSSR count). The van der Waals surface area contributed by atoms with E-state index in [0.717, 1.165) is 10.9 Å². The van der Waals surface area contributed by atoms with Crippen molar-refractivity contribution in [2.24, 2.45) is 0 Å². The summed E-state index contributed by atoms with van der Waals surface area (Å²) in [6.07, 6.45) is 0. The van der Waals surface area contributed by atoms with Crippen molar-refractivity contribution in [1.82, 2.24) is 0 Å². The highest BCUT2D eigenvalue weighted by atomic mass is 28.3. The number of nitrogens with zero attached hydrogens (tertiary/aromatic N) is 2. The van der Waals surface area contributed by atoms with E-state index in [1.54, 1.807) is 0 Å². The monoisotopic (exact) mass is 376 g/mol. The molecule has 0 radical (unpaired) electrons. The van der Waals surface area contributed by atoms with E-state index in [4.69, 9.17) is 0 Å². The highest BCUT2D eigenvalue weighted by Gasteiger charge is 2.51. The van der Waals surface area contributed by atoms with Gasteiger partial charge in [0.05, 0.1) is 5.56 Å². The Balaban J connectivity index is 2.15. The topological polar surface area (TPSA) is 36.4 Å². The zero-order chi connectivity index (χ0) is 19.2. The van der Waals surface area contributed by atoms with Crippen molar-refractivity contribution in [3.63, 3.8) is 0 Å². The summed E-state index contributed by atoms with van der Waals surface area (Å²) in [4.78, 5) is 3.94. The fraction of sp³-hybridized carbons (Fsp3) is 0. The molecule has 0 atom stereocenters. The molecule has 2 nitrogen and oxygen atoms in total. The molecule has 0 aromatic heterocycles. The van der Waals surface area contributed by atoms with Crippen molar-refractivity contribution < 1.29 is 4.79 Å². The van der Waals surface area contributed by atoms with Crippen molar-refractivity contribution in [1.29, 1.82) is 0 Å². The van der Waals surface area contributed by atoms with Crippen LogP contribution in [0.3, 0.4) is 0 Å². The van der Waals surface area contributed by atoms with Gasteiger partial charge in [0.25, 0.3) is 13.4 Å². The molecule has 28 heavy (non-hydrogen) atoms. The Bertz CT molecular complexity index is 992. The molecule has 4 aromatic rings. The lowest BCUT2D eigenvalue weighted by Crippen LogP contribution is -2.73. The van der Waals surface area contributed by atoms with Gasteiger partial charge < -0.3 is 5.53 Å². The molecule has 0 N–H and O–H groups in total. The van der Waals surface area contributed by atoms with Crippen molar-refractivity contribution in [3.05, 3.63) is 132 Å². The van der Waals surface area contributed by atoms with E-state index < -0.39 is 8.07 Å². The molecule has 134 valence electrons. The van der Waals surface area contributed by atoms with Crippen molar-refractivity contribution in [2.45, 2.75) is 0 Å². The number of benzene rings is 4. The molecular weight excluding hydrogens is 356 g/mol. The van der Waals surface area contributed by atoms with Gasteiger partial charge in [0.2, 0.25) is 0 Å². The zero-order valence-electron chi connectivity index (χ0n) is 15.4. The van der Waals surface area contributed by atoms with Gasteiger partial charge >= 0.3 is 0 Å². The average molecular weight is 377 g/mol. The maximum Gasteiger partial charge on any atom is 0.283 e. The standard InChI is InChI=1S/C25H20N2Si/c26-27-25(21-13-5-1-6-14-21)28(22-15-7-2-8-16-22,23-17-9-3-10-18-23)24-19-11-4-12-20-24/h1-20H. The number of hydrogen-bond acceptors (Lipinski definition) is 0. The molecule has 3 heteroatoms. The molecule has 0 aliphatic carbocycles. The summed E-state index contributed by atoms with van der Waals surface area (Å²) >= 11 is 0. The summed E-state index contributed by atoms with van der Waals surface area (Å²) in [6, 6.07) is 41.3. The Morgan fingerprint density at radius 3 is 1.14 bits per heavy atom. The molecule has 0 heterocycles. The second kappa shape index (κ2) is 8.01. The first-order chi connectivity index (χ1) is 13.9. The lowest BCUT2D eigenvalue weighted by atomic mass is 10.2. The van der Waals surface area contributed by atoms with Crippen LogP contribution in [0, 0.1) is 0 Å². The Kier molecular flexibility index (Phi) is 5.11. The smallest absolute Gasteiger partial charge is 0.283 e. The van der Waals surface area contributed by atoms with E-state index in [1.807, 2.05) is 48.5 Å². The first kappa shape index (κ1) is 17.9. The minimum absolute atomic E-state index is 0.733. The second-order valence-corrected chi connectivity index (χ2v) is 10.4. The molecule has 4 aromatic carbocycles. The molecule has 0 amide bonds. The number of rotatable bonds is 5. The third-order valence-corrected chi connectivity index (χ3v) is 9.82. The fourth-order valence-corrected chi connectivity index (χ4v) is 8.57. The lowest BCUT2D eigenvalue weighted by Gasteiger charge is -2.29. The lowest BCUT2D eigenvalue weighted by molar-refractivity contribution is 0.0000724. The van der Waals surface area contributed by atoms with E-state index in [-0.39, 0.29) is 0 Å². The maximum atomic E-state index is 10.3. The van der Waals surface area contributed by atoms with Crippen LogP contribution < -0.4 is 15.6 Å². The third-order valence-electron chi connectivity index (χ3n) is 5.12. The predicted molar refractivity (Wildman–Crippen MR) is 118 cm³/mol. The average Bonchev–Trinajstić information content (AvgIpc) is 2.80. The molecule has 0 bridgehead atoms. The summed E-state index contributed by atoms with van der Waals surface area (Å²) in [6.45, 7) is 0. The van der Waals surface area contributed by atoms with Crippen LogP contribution in [0.1, 0.15) is 5.56 Å². The second-order valence-electron chi connectivity index (χ2n) is 6.66. The van der Waals surface area contributed by atoms with E-state index in [2.05, 4.69) is 77.6 Å². The van der Waals surface area contributed by atoms with Gasteiger partial charge in [0.1, 0.15) is 0 Å². The summed E-state index contributed by atoms with van der Waals surface area (Å²) in [5, 5.41) is 4.29. The first-order valence-corrected chi connectivity index (χ1v) is 11.3. The molecule has 0 aliphatic heterocycles. The van der Waals surface area contributed by atoms with E-state index >= 15 is 0 Å². The summed E-state index contributed by atoms with van der Waals surface area (Å²) in [5.41, 5.74) is 11.3. The minimum atomic E-state index is -2.79. The summed E-state index contributed by atoms with van der Waals surface area (Å²) in [5.74, 6) is 0. The normalized spacial score (nSPS) is 10.9. The van der Waals surface area contributed by atoms with Gasteiger partial charge in [0.15, 0.2) is 0 Å². The first-order valence-electron chi connectivity index (χ1n) is 9.32. The van der Waals surface area contributed by atoms with Gasteiger partial charge in [-0.2, -0.15) is 4.79 Å². The summed E-state index contributed by atoms with van der Waals surface area (Å²) < 4.78 is 0. The predicted octanol–water partition coefficient (Wildman–Crippen LogP) is 3.42. The van der Waals surface area contributed by atoms with Crippen molar-refractivity contribution >= 4 is 29.0 Å². The largest absolute Gasteiger partial charge is 0.362 e. The highest BCUT2D eigenvalue weighted by Crippen LogP contribution is 2.15. The fourth-order valence-electron chi connectivity index (χ4n) is 3.92. The molecule has 0 fully saturated rings. The molecule has 0 saturated heterocycles. The minimum Gasteiger partial charge on any atom is -0.362 e. The van der Waals surface area contributed by atoms with Gasteiger partial charge in [-0.1, -0.05) is 109 Å². The molecule has 0 spiro atoms. The SMILES string of the molecule is [N-]=[N+]=C(c1ccccc1)[Si](c1ccccc1)(c1ccccc1)c1ccccc1. The quantitative estimate of drug-likeness (QED) is 0.168. The molecule has 0 aliphatic rings. The Morgan fingerprint density at radius 1 is 0.500 bits per heavy atom. The summed E-state index contributed by atoms with van der Waals surface area (Å²) in [7, 11) is -2.79. The Labute approximate surface area is 166 Å². The van der Waals surface area contributed by atoms with Crippen molar-refractivity contribution in [3.8, 4) is 0 Å². The third kappa shape index (κ3) is 3.03. The molecule has 0 saturated carbocycles. The van der Waals surface area contributed by atoms with Crippen LogP contribution in [0.5, 0.6) is 0 Å². The van der Waals surface area contributed by atoms with E-state index in [0.29, 0.717) is 0 Å². The maximum absolute atomic E-state index is 10.3. The van der Waals surface area contributed by atoms with Crippen LogP contribution in [0.25, 0.3) is 5.53 Å². The van der Waals surface area contributed by atoms with Crippen LogP contribution in [0.2, 0.25) is 0 Å². The molecule has 0 unspecified atom stereocenters. The van der Waals surface area contributed by atoms with Gasteiger partial charge in [-0.05, 0) is 27.7 Å². The van der Waals surface area contributed by atoms with Gasteiger partial charge in [-0.25, -0.2) is 0 Å². The van der Waals surface area contributed by atoms with E-state index in [9.17, 15) is 5.53 Å². The Morgan fingerprint density at radius 2 is 0.821 bits per heavy atom. The zero-order valence-corrected chi connectivity index (χ0v) is 16.4. The van der Waals surface area contributed by atoms with Gasteiger partial charge in [-0.3, -0.25) is 0 Å². The highest BCUT2D eigenvalue weighted by molar-refractivity contribution is 7.31. The van der Waals surface area contributed by atoms with E-state index in [1.165, 1.54) is 15.6 Å².